The summed E-state index contributed by atoms with van der Waals surface area (Å²) in [6.07, 6.45) is 1.58. The highest BCUT2D eigenvalue weighted by atomic mass is 16.5. The fourth-order valence-corrected chi connectivity index (χ4v) is 3.53. The molecule has 140 valence electrons. The number of carbonyl (C=O) groups excluding carboxylic acids is 1. The third-order valence-electron chi connectivity index (χ3n) is 4.92. The van der Waals surface area contributed by atoms with Gasteiger partial charge in [-0.1, -0.05) is 0 Å². The molecule has 0 bridgehead atoms. The molecule has 2 heterocycles. The summed E-state index contributed by atoms with van der Waals surface area (Å²) in [5.74, 6) is 2.32. The smallest absolute Gasteiger partial charge is 0.309 e. The largest absolute Gasteiger partial charge is 0.497 e. The van der Waals surface area contributed by atoms with Crippen LogP contribution in [0.15, 0.2) is 18.2 Å². The van der Waals surface area contributed by atoms with Crippen LogP contribution in [0.1, 0.15) is 25.3 Å². The van der Waals surface area contributed by atoms with Crippen molar-refractivity contribution in [3.8, 4) is 11.5 Å². The third kappa shape index (κ3) is 3.54. The Kier molecular flexibility index (Phi) is 5.49. The number of anilines is 1. The van der Waals surface area contributed by atoms with Crippen molar-refractivity contribution in [2.75, 3.05) is 38.8 Å². The molecule has 1 aliphatic heterocycles. The van der Waals surface area contributed by atoms with Gasteiger partial charge in [-0.05, 0) is 38.3 Å². The van der Waals surface area contributed by atoms with Crippen LogP contribution in [0.3, 0.4) is 0 Å². The minimum absolute atomic E-state index is 0.00654. The van der Waals surface area contributed by atoms with Crippen molar-refractivity contribution in [1.29, 1.82) is 0 Å². The lowest BCUT2D eigenvalue weighted by Gasteiger charge is -2.32. The highest BCUT2D eigenvalue weighted by Gasteiger charge is 2.27. The second-order valence-electron chi connectivity index (χ2n) is 6.53. The molecule has 1 saturated heterocycles. The first kappa shape index (κ1) is 18.3. The minimum atomic E-state index is -0.0794. The molecule has 3 rings (SSSR count). The van der Waals surface area contributed by atoms with Crippen molar-refractivity contribution in [1.82, 2.24) is 4.98 Å². The van der Waals surface area contributed by atoms with E-state index in [1.807, 2.05) is 19.1 Å². The van der Waals surface area contributed by atoms with Crippen LogP contribution in [0, 0.1) is 12.8 Å². The third-order valence-corrected chi connectivity index (χ3v) is 4.92. The van der Waals surface area contributed by atoms with E-state index in [1.165, 1.54) is 0 Å². The number of hydrogen-bond acceptors (Lipinski definition) is 6. The van der Waals surface area contributed by atoms with E-state index in [-0.39, 0.29) is 11.9 Å². The number of hydrogen-bond donors (Lipinski definition) is 0. The van der Waals surface area contributed by atoms with Crippen molar-refractivity contribution in [2.45, 2.75) is 26.7 Å². The molecule has 0 spiro atoms. The number of rotatable bonds is 5. The normalized spacial score (nSPS) is 15.2. The number of fused-ring (bicyclic) bond motifs is 1. The Balaban J connectivity index is 1.86. The van der Waals surface area contributed by atoms with Crippen molar-refractivity contribution in [3.05, 3.63) is 23.8 Å². The number of aryl methyl sites for hydroxylation is 1. The van der Waals surface area contributed by atoms with Gasteiger partial charge in [0.1, 0.15) is 17.3 Å². The first-order chi connectivity index (χ1) is 12.6. The predicted molar refractivity (Wildman–Crippen MR) is 101 cm³/mol. The van der Waals surface area contributed by atoms with Crippen molar-refractivity contribution >= 4 is 22.7 Å². The fraction of sp³-hybridized carbons (Fsp3) is 0.500. The lowest BCUT2D eigenvalue weighted by atomic mass is 9.97. The van der Waals surface area contributed by atoms with Crippen molar-refractivity contribution < 1.29 is 19.0 Å². The summed E-state index contributed by atoms with van der Waals surface area (Å²) in [5, 5.41) is 0.999. The molecule has 0 radical (unpaired) electrons. The van der Waals surface area contributed by atoms with E-state index in [0.717, 1.165) is 59.7 Å². The number of aromatic nitrogens is 1. The molecule has 2 aromatic rings. The van der Waals surface area contributed by atoms with Gasteiger partial charge in [-0.25, -0.2) is 4.98 Å². The second kappa shape index (κ2) is 7.81. The quantitative estimate of drug-likeness (QED) is 0.764. The first-order valence-electron chi connectivity index (χ1n) is 9.02. The van der Waals surface area contributed by atoms with Crippen LogP contribution in [0.5, 0.6) is 11.5 Å². The molecule has 1 fully saturated rings. The van der Waals surface area contributed by atoms with E-state index >= 15 is 0 Å². The van der Waals surface area contributed by atoms with Gasteiger partial charge in [-0.3, -0.25) is 4.79 Å². The van der Waals surface area contributed by atoms with Crippen LogP contribution in [-0.4, -0.2) is 44.9 Å². The van der Waals surface area contributed by atoms with Gasteiger partial charge in [0.05, 0.1) is 32.3 Å². The minimum Gasteiger partial charge on any atom is -0.497 e. The average molecular weight is 358 g/mol. The van der Waals surface area contributed by atoms with Crippen LogP contribution >= 0.6 is 0 Å². The molecule has 6 heteroatoms. The molecule has 1 aromatic carbocycles. The zero-order valence-electron chi connectivity index (χ0n) is 15.9. The molecular weight excluding hydrogens is 332 g/mol. The van der Waals surface area contributed by atoms with Crippen LogP contribution in [0.2, 0.25) is 0 Å². The van der Waals surface area contributed by atoms with Gasteiger partial charge < -0.3 is 19.1 Å². The van der Waals surface area contributed by atoms with Crippen molar-refractivity contribution in [3.63, 3.8) is 0 Å². The Bertz CT molecular complexity index is 798. The van der Waals surface area contributed by atoms with E-state index in [0.29, 0.717) is 6.61 Å². The Morgan fingerprint density at radius 3 is 2.54 bits per heavy atom. The summed E-state index contributed by atoms with van der Waals surface area (Å²) in [7, 11) is 3.29. The lowest BCUT2D eigenvalue weighted by molar-refractivity contribution is -0.148. The van der Waals surface area contributed by atoms with Crippen LogP contribution in [0.25, 0.3) is 10.9 Å². The molecular formula is C20H26N2O4. The zero-order valence-corrected chi connectivity index (χ0v) is 15.9. The molecule has 26 heavy (non-hydrogen) atoms. The molecule has 0 saturated carbocycles. The number of esters is 1. The van der Waals surface area contributed by atoms with Crippen molar-refractivity contribution in [2.24, 2.45) is 5.92 Å². The summed E-state index contributed by atoms with van der Waals surface area (Å²) in [5.41, 5.74) is 1.96. The van der Waals surface area contributed by atoms with Gasteiger partial charge in [-0.15, -0.1) is 0 Å². The SMILES string of the molecule is CCOC(=O)C1CCN(c2cc(C)c3c(OC)cc(OC)cc3n2)CC1. The molecule has 0 atom stereocenters. The molecule has 0 amide bonds. The molecule has 0 unspecified atom stereocenters. The topological polar surface area (TPSA) is 60.9 Å². The van der Waals surface area contributed by atoms with E-state index in [2.05, 4.69) is 17.9 Å². The maximum atomic E-state index is 11.9. The summed E-state index contributed by atoms with van der Waals surface area (Å²) in [4.78, 5) is 19.0. The van der Waals surface area contributed by atoms with E-state index in [9.17, 15) is 4.79 Å². The number of pyridine rings is 1. The number of methoxy groups -OCH3 is 2. The molecule has 6 nitrogen and oxygen atoms in total. The molecule has 1 aliphatic rings. The monoisotopic (exact) mass is 358 g/mol. The number of ether oxygens (including phenoxy) is 3. The highest BCUT2D eigenvalue weighted by molar-refractivity contribution is 5.91. The lowest BCUT2D eigenvalue weighted by Crippen LogP contribution is -2.37. The van der Waals surface area contributed by atoms with Crippen LogP contribution < -0.4 is 14.4 Å². The Labute approximate surface area is 154 Å². The summed E-state index contributed by atoms with van der Waals surface area (Å²) in [6, 6.07) is 5.89. The Morgan fingerprint density at radius 2 is 1.92 bits per heavy atom. The Morgan fingerprint density at radius 1 is 1.19 bits per heavy atom. The van der Waals surface area contributed by atoms with Crippen LogP contribution in [-0.2, 0) is 9.53 Å². The predicted octanol–water partition coefficient (Wildman–Crippen LogP) is 3.34. The second-order valence-corrected chi connectivity index (χ2v) is 6.53. The fourth-order valence-electron chi connectivity index (χ4n) is 3.53. The summed E-state index contributed by atoms with van der Waals surface area (Å²) < 4.78 is 16.0. The molecule has 1 aromatic heterocycles. The number of nitrogens with zero attached hydrogens (tertiary/aromatic N) is 2. The highest BCUT2D eigenvalue weighted by Crippen LogP contribution is 2.35. The van der Waals surface area contributed by atoms with Gasteiger partial charge >= 0.3 is 5.97 Å². The number of benzene rings is 1. The van der Waals surface area contributed by atoms with E-state index in [1.54, 1.807) is 14.2 Å². The van der Waals surface area contributed by atoms with E-state index < -0.39 is 0 Å². The zero-order chi connectivity index (χ0) is 18.7. The standard InChI is InChI=1S/C20H26N2O4/c1-5-26-20(23)14-6-8-22(9-7-14)18-10-13(2)19-16(21-18)11-15(24-3)12-17(19)25-4/h10-12,14H,5-9H2,1-4H3. The Hall–Kier alpha value is -2.50. The van der Waals surface area contributed by atoms with Gasteiger partial charge in [0.2, 0.25) is 0 Å². The summed E-state index contributed by atoms with van der Waals surface area (Å²) in [6.45, 7) is 5.93. The number of carbonyl (C=O) groups is 1. The molecule has 0 N–H and O–H groups in total. The molecule has 0 aliphatic carbocycles. The first-order valence-corrected chi connectivity index (χ1v) is 9.02. The van der Waals surface area contributed by atoms with E-state index in [4.69, 9.17) is 19.2 Å². The van der Waals surface area contributed by atoms with Crippen LogP contribution in [0.4, 0.5) is 5.82 Å². The summed E-state index contributed by atoms with van der Waals surface area (Å²) >= 11 is 0. The van der Waals surface area contributed by atoms with Gasteiger partial charge in [0.25, 0.3) is 0 Å². The maximum absolute atomic E-state index is 11.9. The van der Waals surface area contributed by atoms with Gasteiger partial charge in [0.15, 0.2) is 0 Å². The van der Waals surface area contributed by atoms with Gasteiger partial charge in [-0.2, -0.15) is 0 Å². The van der Waals surface area contributed by atoms with Gasteiger partial charge in [0, 0.05) is 30.6 Å². The number of piperidine rings is 1. The average Bonchev–Trinajstić information content (AvgIpc) is 2.67. The maximum Gasteiger partial charge on any atom is 0.309 e.